The first-order chi connectivity index (χ1) is 13.0. The van der Waals surface area contributed by atoms with Gasteiger partial charge in [0, 0.05) is 24.7 Å². The van der Waals surface area contributed by atoms with Gasteiger partial charge in [0.15, 0.2) is 0 Å². The molecule has 0 aliphatic heterocycles. The highest BCUT2D eigenvalue weighted by Crippen LogP contribution is 2.33. The molecule has 5 nitrogen and oxygen atoms in total. The minimum atomic E-state index is -0.804. The molecule has 1 aliphatic rings. The third-order valence-corrected chi connectivity index (χ3v) is 4.60. The maximum atomic E-state index is 12.1. The summed E-state index contributed by atoms with van der Waals surface area (Å²) >= 11 is 0. The number of aliphatic hydroxyl groups excluding tert-OH is 2. The van der Waals surface area contributed by atoms with Crippen molar-refractivity contribution < 1.29 is 24.9 Å². The van der Waals surface area contributed by atoms with Gasteiger partial charge in [0.2, 0.25) is 0 Å². The number of aliphatic carboxylic acids is 1. The van der Waals surface area contributed by atoms with Crippen molar-refractivity contribution in [2.45, 2.75) is 64.1 Å². The SMILES string of the molecule is CC/C=C\C[C@@H]1[C@H](O)CC(=O)[C@@H]1/C=C/[C@H](O)C/C=C\C/C=C\CCC(=O)O. The first-order valence-corrected chi connectivity index (χ1v) is 9.69. The van der Waals surface area contributed by atoms with Crippen LogP contribution >= 0.6 is 0 Å². The fourth-order valence-electron chi connectivity index (χ4n) is 3.10. The first-order valence-electron chi connectivity index (χ1n) is 9.69. The molecule has 5 heteroatoms. The van der Waals surface area contributed by atoms with Gasteiger partial charge in [0.05, 0.1) is 12.2 Å². The molecule has 0 aromatic rings. The number of rotatable bonds is 12. The number of hydrogen-bond donors (Lipinski definition) is 3. The minimum Gasteiger partial charge on any atom is -0.481 e. The Kier molecular flexibility index (Phi) is 11.3. The zero-order valence-electron chi connectivity index (χ0n) is 16.0. The molecule has 27 heavy (non-hydrogen) atoms. The molecule has 0 aromatic carbocycles. The number of carbonyl (C=O) groups excluding carboxylic acids is 1. The lowest BCUT2D eigenvalue weighted by Crippen LogP contribution is -2.19. The standard InChI is InChI=1S/C22H32O5/c1-2-3-8-12-18-19(21(25)16-20(18)24)15-14-17(23)11-9-6-4-5-7-10-13-22(26)27/h3,5-9,14-15,17-20,23-24H,2,4,10-13,16H2,1H3,(H,26,27)/b7-5-,8-3-,9-6-,15-14+/t17-,18+,19-,20-/m1/s1. The molecule has 0 heterocycles. The number of ketones is 1. The smallest absolute Gasteiger partial charge is 0.303 e. The van der Waals surface area contributed by atoms with Gasteiger partial charge in [0.25, 0.3) is 0 Å². The van der Waals surface area contributed by atoms with Crippen molar-refractivity contribution in [3.05, 3.63) is 48.6 Å². The molecule has 0 amide bonds. The zero-order chi connectivity index (χ0) is 20.1. The summed E-state index contributed by atoms with van der Waals surface area (Å²) in [6.45, 7) is 2.04. The predicted molar refractivity (Wildman–Crippen MR) is 106 cm³/mol. The van der Waals surface area contributed by atoms with E-state index in [1.807, 2.05) is 43.4 Å². The molecule has 1 aliphatic carbocycles. The Morgan fingerprint density at radius 3 is 2.63 bits per heavy atom. The van der Waals surface area contributed by atoms with Crippen molar-refractivity contribution in [3.63, 3.8) is 0 Å². The van der Waals surface area contributed by atoms with Gasteiger partial charge in [0.1, 0.15) is 5.78 Å². The first kappa shape index (κ1) is 23.1. The lowest BCUT2D eigenvalue weighted by Gasteiger charge is -2.16. The number of Topliss-reactive ketones (excluding diaryl/α,β-unsaturated/α-hetero) is 1. The maximum Gasteiger partial charge on any atom is 0.303 e. The summed E-state index contributed by atoms with van der Waals surface area (Å²) in [5, 5.41) is 28.7. The quantitative estimate of drug-likeness (QED) is 0.453. The van der Waals surface area contributed by atoms with E-state index in [-0.39, 0.29) is 30.5 Å². The van der Waals surface area contributed by atoms with Crippen LogP contribution in [0.3, 0.4) is 0 Å². The van der Waals surface area contributed by atoms with E-state index in [1.54, 1.807) is 12.2 Å². The number of aliphatic hydroxyl groups is 2. The third-order valence-electron chi connectivity index (χ3n) is 4.60. The van der Waals surface area contributed by atoms with Crippen molar-refractivity contribution in [1.82, 2.24) is 0 Å². The fraction of sp³-hybridized carbons (Fsp3) is 0.545. The molecule has 3 N–H and O–H groups in total. The Labute approximate surface area is 161 Å². The highest BCUT2D eigenvalue weighted by molar-refractivity contribution is 5.86. The molecule has 1 saturated carbocycles. The predicted octanol–water partition coefficient (Wildman–Crippen LogP) is 3.58. The molecular formula is C22H32O5. The van der Waals surface area contributed by atoms with Gasteiger partial charge in [-0.25, -0.2) is 0 Å². The summed E-state index contributed by atoms with van der Waals surface area (Å²) in [5.74, 6) is -1.22. The van der Waals surface area contributed by atoms with Crippen LogP contribution < -0.4 is 0 Å². The Bertz CT molecular complexity index is 573. The maximum absolute atomic E-state index is 12.1. The number of carboxylic acid groups (broad SMARTS) is 1. The summed E-state index contributed by atoms with van der Waals surface area (Å²) < 4.78 is 0. The van der Waals surface area contributed by atoms with Gasteiger partial charge in [-0.3, -0.25) is 9.59 Å². The summed E-state index contributed by atoms with van der Waals surface area (Å²) in [5.41, 5.74) is 0. The molecule has 150 valence electrons. The van der Waals surface area contributed by atoms with Crippen LogP contribution in [0.5, 0.6) is 0 Å². The topological polar surface area (TPSA) is 94.8 Å². The molecule has 1 fully saturated rings. The van der Waals surface area contributed by atoms with Crippen molar-refractivity contribution in [1.29, 1.82) is 0 Å². The minimum absolute atomic E-state index is 0.0305. The average molecular weight is 376 g/mol. The largest absolute Gasteiger partial charge is 0.481 e. The molecule has 0 saturated heterocycles. The average Bonchev–Trinajstić information content (AvgIpc) is 2.88. The van der Waals surface area contributed by atoms with Crippen molar-refractivity contribution in [2.75, 3.05) is 0 Å². The van der Waals surface area contributed by atoms with Crippen molar-refractivity contribution in [3.8, 4) is 0 Å². The monoisotopic (exact) mass is 376 g/mol. The van der Waals surface area contributed by atoms with Gasteiger partial charge in [-0.1, -0.05) is 55.5 Å². The van der Waals surface area contributed by atoms with E-state index in [0.717, 1.165) is 6.42 Å². The van der Waals surface area contributed by atoms with Crippen LogP contribution in [0.4, 0.5) is 0 Å². The van der Waals surface area contributed by atoms with Gasteiger partial charge in [-0.15, -0.1) is 0 Å². The number of hydrogen-bond acceptors (Lipinski definition) is 4. The van der Waals surface area contributed by atoms with Crippen molar-refractivity contribution in [2.24, 2.45) is 11.8 Å². The molecule has 0 spiro atoms. The molecule has 4 atom stereocenters. The van der Waals surface area contributed by atoms with Crippen LogP contribution in [-0.4, -0.2) is 39.3 Å². The van der Waals surface area contributed by atoms with E-state index in [2.05, 4.69) is 0 Å². The third kappa shape index (κ3) is 9.50. The van der Waals surface area contributed by atoms with E-state index in [0.29, 0.717) is 25.7 Å². The van der Waals surface area contributed by atoms with Crippen LogP contribution in [0.25, 0.3) is 0 Å². The van der Waals surface area contributed by atoms with E-state index in [4.69, 9.17) is 5.11 Å². The Morgan fingerprint density at radius 2 is 1.93 bits per heavy atom. The second-order valence-electron chi connectivity index (χ2n) is 6.84. The fourth-order valence-corrected chi connectivity index (χ4v) is 3.10. The van der Waals surface area contributed by atoms with E-state index < -0.39 is 18.2 Å². The van der Waals surface area contributed by atoms with E-state index >= 15 is 0 Å². The summed E-state index contributed by atoms with van der Waals surface area (Å²) in [6, 6.07) is 0. The highest BCUT2D eigenvalue weighted by Gasteiger charge is 2.39. The molecule has 1 rings (SSSR count). The van der Waals surface area contributed by atoms with Crippen LogP contribution in [0.1, 0.15) is 51.9 Å². The molecule has 0 radical (unpaired) electrons. The molecule has 0 aromatic heterocycles. The van der Waals surface area contributed by atoms with E-state index in [1.165, 1.54) is 0 Å². The second kappa shape index (κ2) is 13.2. The Balaban J connectivity index is 2.40. The normalized spacial score (nSPS) is 24.9. The Morgan fingerprint density at radius 1 is 1.19 bits per heavy atom. The second-order valence-corrected chi connectivity index (χ2v) is 6.84. The lowest BCUT2D eigenvalue weighted by molar-refractivity contribution is -0.136. The van der Waals surface area contributed by atoms with Gasteiger partial charge >= 0.3 is 5.97 Å². The Hall–Kier alpha value is -1.98. The highest BCUT2D eigenvalue weighted by atomic mass is 16.4. The summed E-state index contributed by atoms with van der Waals surface area (Å²) in [4.78, 5) is 22.5. The number of carbonyl (C=O) groups is 2. The molecule has 0 unspecified atom stereocenters. The van der Waals surface area contributed by atoms with Crippen LogP contribution in [0.2, 0.25) is 0 Å². The van der Waals surface area contributed by atoms with Crippen LogP contribution in [0.15, 0.2) is 48.6 Å². The number of carboxylic acids is 1. The summed E-state index contributed by atoms with van der Waals surface area (Å²) in [7, 11) is 0. The van der Waals surface area contributed by atoms with Gasteiger partial charge in [-0.2, -0.15) is 0 Å². The lowest BCUT2D eigenvalue weighted by atomic mass is 9.90. The van der Waals surface area contributed by atoms with Crippen LogP contribution in [-0.2, 0) is 9.59 Å². The molecular weight excluding hydrogens is 344 g/mol. The van der Waals surface area contributed by atoms with Gasteiger partial charge in [-0.05, 0) is 32.1 Å². The van der Waals surface area contributed by atoms with Crippen LogP contribution in [0, 0.1) is 11.8 Å². The van der Waals surface area contributed by atoms with E-state index in [9.17, 15) is 19.8 Å². The van der Waals surface area contributed by atoms with Crippen molar-refractivity contribution >= 4 is 11.8 Å². The summed E-state index contributed by atoms with van der Waals surface area (Å²) in [6.07, 6.45) is 17.2. The van der Waals surface area contributed by atoms with Gasteiger partial charge < -0.3 is 15.3 Å². The molecule has 0 bridgehead atoms. The zero-order valence-corrected chi connectivity index (χ0v) is 16.0. The number of allylic oxidation sites excluding steroid dienone is 6.